The van der Waals surface area contributed by atoms with Crippen LogP contribution in [0.5, 0.6) is 0 Å². The van der Waals surface area contributed by atoms with E-state index in [9.17, 15) is 0 Å². The van der Waals surface area contributed by atoms with Gasteiger partial charge in [0.2, 0.25) is 5.89 Å². The third-order valence-electron chi connectivity index (χ3n) is 1.36. The van der Waals surface area contributed by atoms with Gasteiger partial charge in [-0.3, -0.25) is 0 Å². The quantitative estimate of drug-likeness (QED) is 0.636. The van der Waals surface area contributed by atoms with Crippen molar-refractivity contribution in [2.45, 2.75) is 19.9 Å². The van der Waals surface area contributed by atoms with Crippen molar-refractivity contribution in [1.82, 2.24) is 10.1 Å². The monoisotopic (exact) mass is 171 g/mol. The highest BCUT2D eigenvalue weighted by molar-refractivity contribution is 4.84. The zero-order chi connectivity index (χ0) is 8.81. The molecule has 1 heterocycles. The number of nitrogens with two attached hydrogens (primary N) is 1. The van der Waals surface area contributed by atoms with Gasteiger partial charge in [-0.25, -0.2) is 0 Å². The molecule has 0 unspecified atom stereocenters. The molecule has 0 saturated heterocycles. The average molecular weight is 171 g/mol. The summed E-state index contributed by atoms with van der Waals surface area (Å²) in [6.07, 6.45) is 0.654. The molecule has 1 rings (SSSR count). The lowest BCUT2D eigenvalue weighted by Crippen LogP contribution is -2.00. The Morgan fingerprint density at radius 3 is 3.00 bits per heavy atom. The second kappa shape index (κ2) is 4.84. The second-order valence-electron chi connectivity index (χ2n) is 2.26. The Labute approximate surface area is 70.9 Å². The van der Waals surface area contributed by atoms with Gasteiger partial charge in [0.15, 0.2) is 5.82 Å². The van der Waals surface area contributed by atoms with Crippen LogP contribution in [0.3, 0.4) is 0 Å². The second-order valence-corrected chi connectivity index (χ2v) is 2.26. The van der Waals surface area contributed by atoms with E-state index in [2.05, 4.69) is 10.1 Å². The zero-order valence-corrected chi connectivity index (χ0v) is 7.12. The van der Waals surface area contributed by atoms with E-state index >= 15 is 0 Å². The van der Waals surface area contributed by atoms with Gasteiger partial charge in [-0.05, 0) is 6.92 Å². The fraction of sp³-hybridized carbons (Fsp3) is 0.714. The van der Waals surface area contributed by atoms with Crippen molar-refractivity contribution >= 4 is 0 Å². The summed E-state index contributed by atoms with van der Waals surface area (Å²) in [5.41, 5.74) is 5.30. The minimum absolute atomic E-state index is 0.318. The van der Waals surface area contributed by atoms with Crippen LogP contribution in [0.1, 0.15) is 18.6 Å². The standard InChI is InChI=1S/C7H13N3O2/c1-2-11-4-3-7-9-6(5-8)10-12-7/h2-5,8H2,1H3. The largest absolute Gasteiger partial charge is 0.381 e. The summed E-state index contributed by atoms with van der Waals surface area (Å²) < 4.78 is 10.0. The third kappa shape index (κ3) is 2.60. The molecule has 0 atom stereocenters. The third-order valence-corrected chi connectivity index (χ3v) is 1.36. The van der Waals surface area contributed by atoms with Crippen LogP contribution >= 0.6 is 0 Å². The van der Waals surface area contributed by atoms with Gasteiger partial charge in [0.1, 0.15) is 0 Å². The molecule has 0 saturated carbocycles. The van der Waals surface area contributed by atoms with Crippen LogP contribution in [-0.2, 0) is 17.7 Å². The van der Waals surface area contributed by atoms with E-state index in [1.54, 1.807) is 0 Å². The Kier molecular flexibility index (Phi) is 3.69. The van der Waals surface area contributed by atoms with Crippen molar-refractivity contribution < 1.29 is 9.26 Å². The zero-order valence-electron chi connectivity index (χ0n) is 7.12. The summed E-state index contributed by atoms with van der Waals surface area (Å²) in [6.45, 7) is 3.58. The normalized spacial score (nSPS) is 10.5. The molecule has 0 bridgehead atoms. The van der Waals surface area contributed by atoms with Gasteiger partial charge >= 0.3 is 0 Å². The molecule has 0 fully saturated rings. The lowest BCUT2D eigenvalue weighted by Gasteiger charge is -1.94. The SMILES string of the molecule is CCOCCc1nc(CN)no1. The average Bonchev–Trinajstić information content (AvgIpc) is 2.53. The highest BCUT2D eigenvalue weighted by Crippen LogP contribution is 1.97. The maximum atomic E-state index is 5.30. The van der Waals surface area contributed by atoms with Crippen molar-refractivity contribution in [2.75, 3.05) is 13.2 Å². The maximum Gasteiger partial charge on any atom is 0.229 e. The molecule has 12 heavy (non-hydrogen) atoms. The molecular weight excluding hydrogens is 158 g/mol. The van der Waals surface area contributed by atoms with Gasteiger partial charge in [0, 0.05) is 6.61 Å². The molecular formula is C7H13N3O2. The molecule has 0 aliphatic rings. The van der Waals surface area contributed by atoms with Crippen LogP contribution in [0.4, 0.5) is 0 Å². The van der Waals surface area contributed by atoms with Gasteiger partial charge in [0.25, 0.3) is 0 Å². The van der Waals surface area contributed by atoms with Crippen LogP contribution in [-0.4, -0.2) is 23.4 Å². The molecule has 2 N–H and O–H groups in total. The van der Waals surface area contributed by atoms with E-state index in [1.165, 1.54) is 0 Å². The molecule has 68 valence electrons. The van der Waals surface area contributed by atoms with Gasteiger partial charge in [-0.15, -0.1) is 0 Å². The highest BCUT2D eigenvalue weighted by Gasteiger charge is 2.03. The Hall–Kier alpha value is -0.940. The van der Waals surface area contributed by atoms with E-state index in [4.69, 9.17) is 15.0 Å². The molecule has 5 heteroatoms. The summed E-state index contributed by atoms with van der Waals surface area (Å²) in [4.78, 5) is 4.02. The summed E-state index contributed by atoms with van der Waals surface area (Å²) >= 11 is 0. The lowest BCUT2D eigenvalue weighted by atomic mass is 10.4. The van der Waals surface area contributed by atoms with Crippen molar-refractivity contribution in [2.24, 2.45) is 5.73 Å². The number of hydrogen-bond acceptors (Lipinski definition) is 5. The molecule has 1 aromatic heterocycles. The predicted octanol–water partition coefficient (Wildman–Crippen LogP) is 0.107. The number of rotatable bonds is 5. The van der Waals surface area contributed by atoms with E-state index in [0.717, 1.165) is 0 Å². The first kappa shape index (κ1) is 9.15. The van der Waals surface area contributed by atoms with Crippen LogP contribution in [0, 0.1) is 0 Å². The Bertz CT molecular complexity index is 224. The fourth-order valence-electron chi connectivity index (χ4n) is 0.778. The highest BCUT2D eigenvalue weighted by atomic mass is 16.5. The van der Waals surface area contributed by atoms with Crippen LogP contribution in [0.2, 0.25) is 0 Å². The van der Waals surface area contributed by atoms with Crippen LogP contribution in [0.15, 0.2) is 4.52 Å². The van der Waals surface area contributed by atoms with Crippen molar-refractivity contribution in [1.29, 1.82) is 0 Å². The molecule has 0 aromatic carbocycles. The Morgan fingerprint density at radius 1 is 1.58 bits per heavy atom. The molecule has 0 amide bonds. The fourth-order valence-corrected chi connectivity index (χ4v) is 0.778. The topological polar surface area (TPSA) is 74.2 Å². The van der Waals surface area contributed by atoms with E-state index in [1.807, 2.05) is 6.92 Å². The lowest BCUT2D eigenvalue weighted by molar-refractivity contribution is 0.144. The van der Waals surface area contributed by atoms with Crippen LogP contribution in [0.25, 0.3) is 0 Å². The Balaban J connectivity index is 2.31. The summed E-state index contributed by atoms with van der Waals surface area (Å²) in [5.74, 6) is 1.13. The summed E-state index contributed by atoms with van der Waals surface area (Å²) in [5, 5.41) is 3.65. The summed E-state index contributed by atoms with van der Waals surface area (Å²) in [7, 11) is 0. The number of nitrogens with zero attached hydrogens (tertiary/aromatic N) is 2. The predicted molar refractivity (Wildman–Crippen MR) is 42.4 cm³/mol. The first-order valence-corrected chi connectivity index (χ1v) is 3.96. The van der Waals surface area contributed by atoms with Gasteiger partial charge < -0.3 is 15.0 Å². The maximum absolute atomic E-state index is 5.30. The van der Waals surface area contributed by atoms with E-state index < -0.39 is 0 Å². The number of hydrogen-bond donors (Lipinski definition) is 1. The smallest absolute Gasteiger partial charge is 0.229 e. The van der Waals surface area contributed by atoms with Crippen molar-refractivity contribution in [3.05, 3.63) is 11.7 Å². The van der Waals surface area contributed by atoms with Gasteiger partial charge in [-0.2, -0.15) is 4.98 Å². The van der Waals surface area contributed by atoms with E-state index in [0.29, 0.717) is 37.9 Å². The molecule has 5 nitrogen and oxygen atoms in total. The van der Waals surface area contributed by atoms with Crippen molar-refractivity contribution in [3.63, 3.8) is 0 Å². The minimum atomic E-state index is 0.318. The van der Waals surface area contributed by atoms with Crippen molar-refractivity contribution in [3.8, 4) is 0 Å². The molecule has 0 spiro atoms. The number of aromatic nitrogens is 2. The van der Waals surface area contributed by atoms with Crippen LogP contribution < -0.4 is 5.73 Å². The first-order chi connectivity index (χ1) is 5.86. The first-order valence-electron chi connectivity index (χ1n) is 3.96. The molecule has 0 aliphatic carbocycles. The minimum Gasteiger partial charge on any atom is -0.381 e. The molecule has 1 aromatic rings. The summed E-state index contributed by atoms with van der Waals surface area (Å²) in [6, 6.07) is 0. The van der Waals surface area contributed by atoms with Gasteiger partial charge in [-0.1, -0.05) is 5.16 Å². The van der Waals surface area contributed by atoms with Gasteiger partial charge in [0.05, 0.1) is 19.6 Å². The molecule has 0 radical (unpaired) electrons. The molecule has 0 aliphatic heterocycles. The Morgan fingerprint density at radius 2 is 2.42 bits per heavy atom. The number of ether oxygens (including phenoxy) is 1. The van der Waals surface area contributed by atoms with E-state index in [-0.39, 0.29) is 0 Å².